The first-order chi connectivity index (χ1) is 13.1. The smallest absolute Gasteiger partial charge is 0.326 e. The second-order valence-corrected chi connectivity index (χ2v) is 7.59. The van der Waals surface area contributed by atoms with E-state index in [1.54, 1.807) is 17.0 Å². The molecular weight excluding hydrogens is 382 g/mol. The summed E-state index contributed by atoms with van der Waals surface area (Å²) in [5, 5.41) is 5.48. The van der Waals surface area contributed by atoms with Crippen molar-refractivity contribution in [3.8, 4) is 5.75 Å². The van der Waals surface area contributed by atoms with Gasteiger partial charge in [0.05, 0.1) is 17.1 Å². The SMILES string of the molecule is O=C1NC(=S)S/C1=C/c1ccc2c(c1)N(C(=O)Nc1ccccc1)CCO2. The van der Waals surface area contributed by atoms with E-state index in [1.165, 1.54) is 11.8 Å². The number of nitrogens with one attached hydrogen (secondary N) is 2. The molecule has 136 valence electrons. The molecule has 0 saturated carbocycles. The number of para-hydroxylation sites is 1. The molecule has 0 radical (unpaired) electrons. The highest BCUT2D eigenvalue weighted by Crippen LogP contribution is 2.34. The van der Waals surface area contributed by atoms with E-state index in [2.05, 4.69) is 10.6 Å². The number of fused-ring (bicyclic) bond motifs is 1. The Bertz CT molecular complexity index is 960. The van der Waals surface area contributed by atoms with Gasteiger partial charge >= 0.3 is 6.03 Å². The van der Waals surface area contributed by atoms with Crippen LogP contribution >= 0.6 is 24.0 Å². The molecule has 2 heterocycles. The molecule has 2 N–H and O–H groups in total. The minimum Gasteiger partial charge on any atom is -0.490 e. The number of amides is 3. The van der Waals surface area contributed by atoms with E-state index >= 15 is 0 Å². The van der Waals surface area contributed by atoms with Gasteiger partial charge in [-0.3, -0.25) is 9.69 Å². The average Bonchev–Trinajstić information content (AvgIpc) is 2.99. The molecule has 0 bridgehead atoms. The maximum atomic E-state index is 12.7. The average molecular weight is 397 g/mol. The molecule has 2 aromatic carbocycles. The Morgan fingerprint density at radius 3 is 2.81 bits per heavy atom. The molecular formula is C19H15N3O3S2. The molecule has 2 aliphatic rings. The Morgan fingerprint density at radius 2 is 2.07 bits per heavy atom. The van der Waals surface area contributed by atoms with Crippen LogP contribution in [0.3, 0.4) is 0 Å². The number of carbonyl (C=O) groups excluding carboxylic acids is 2. The quantitative estimate of drug-likeness (QED) is 0.598. The summed E-state index contributed by atoms with van der Waals surface area (Å²) in [7, 11) is 0. The van der Waals surface area contributed by atoms with Crippen LogP contribution in [0.5, 0.6) is 5.75 Å². The minimum atomic E-state index is -0.232. The molecule has 1 fully saturated rings. The van der Waals surface area contributed by atoms with E-state index in [9.17, 15) is 9.59 Å². The predicted octanol–water partition coefficient (Wildman–Crippen LogP) is 3.61. The van der Waals surface area contributed by atoms with Crippen LogP contribution in [-0.2, 0) is 4.79 Å². The summed E-state index contributed by atoms with van der Waals surface area (Å²) >= 11 is 6.23. The van der Waals surface area contributed by atoms with E-state index in [-0.39, 0.29) is 11.9 Å². The Labute approximate surface area is 165 Å². The number of hydrogen-bond acceptors (Lipinski definition) is 5. The fourth-order valence-electron chi connectivity index (χ4n) is 2.82. The van der Waals surface area contributed by atoms with E-state index in [1.807, 2.05) is 42.5 Å². The van der Waals surface area contributed by atoms with Gasteiger partial charge in [-0.25, -0.2) is 4.79 Å². The largest absolute Gasteiger partial charge is 0.490 e. The number of thiocarbonyl (C=S) groups is 1. The maximum Gasteiger partial charge on any atom is 0.326 e. The van der Waals surface area contributed by atoms with Crippen molar-refractivity contribution < 1.29 is 14.3 Å². The Kier molecular flexibility index (Phi) is 4.83. The van der Waals surface area contributed by atoms with E-state index < -0.39 is 0 Å². The molecule has 3 amide bonds. The van der Waals surface area contributed by atoms with E-state index in [4.69, 9.17) is 17.0 Å². The van der Waals surface area contributed by atoms with Gasteiger partial charge in [0.1, 0.15) is 16.7 Å². The first-order valence-electron chi connectivity index (χ1n) is 8.25. The molecule has 0 spiro atoms. The third kappa shape index (κ3) is 3.81. The van der Waals surface area contributed by atoms with Crippen molar-refractivity contribution in [2.24, 2.45) is 0 Å². The number of anilines is 2. The topological polar surface area (TPSA) is 70.7 Å². The monoisotopic (exact) mass is 397 g/mol. The van der Waals surface area contributed by atoms with E-state index in [0.29, 0.717) is 33.8 Å². The summed E-state index contributed by atoms with van der Waals surface area (Å²) in [5.74, 6) is 0.420. The lowest BCUT2D eigenvalue weighted by Gasteiger charge is -2.30. The predicted molar refractivity (Wildman–Crippen MR) is 111 cm³/mol. The summed E-state index contributed by atoms with van der Waals surface area (Å²) in [4.78, 5) is 26.8. The maximum absolute atomic E-state index is 12.7. The fourth-order valence-corrected chi connectivity index (χ4v) is 3.86. The van der Waals surface area contributed by atoms with Gasteiger partial charge in [-0.05, 0) is 35.9 Å². The zero-order valence-corrected chi connectivity index (χ0v) is 15.7. The van der Waals surface area contributed by atoms with Crippen LogP contribution in [0.1, 0.15) is 5.56 Å². The first-order valence-corrected chi connectivity index (χ1v) is 9.48. The number of hydrogen-bond donors (Lipinski definition) is 2. The van der Waals surface area contributed by atoms with Gasteiger partial charge in [0, 0.05) is 5.69 Å². The summed E-state index contributed by atoms with van der Waals surface area (Å²) in [6.45, 7) is 0.854. The number of thioether (sulfide) groups is 1. The van der Waals surface area contributed by atoms with Gasteiger partial charge in [-0.2, -0.15) is 0 Å². The van der Waals surface area contributed by atoms with E-state index in [0.717, 1.165) is 11.3 Å². The number of urea groups is 1. The lowest BCUT2D eigenvalue weighted by Crippen LogP contribution is -2.40. The van der Waals surface area contributed by atoms with Gasteiger partial charge in [0.25, 0.3) is 5.91 Å². The van der Waals surface area contributed by atoms with Gasteiger partial charge < -0.3 is 15.4 Å². The molecule has 0 aromatic heterocycles. The third-order valence-corrected chi connectivity index (χ3v) is 5.22. The number of carbonyl (C=O) groups is 2. The van der Waals surface area contributed by atoms with Gasteiger partial charge in [0.15, 0.2) is 0 Å². The third-order valence-electron chi connectivity index (χ3n) is 4.06. The number of rotatable bonds is 2. The van der Waals surface area contributed by atoms with Gasteiger partial charge in [0.2, 0.25) is 0 Å². The number of ether oxygens (including phenoxy) is 1. The van der Waals surface area contributed by atoms with Gasteiger partial charge in [-0.15, -0.1) is 0 Å². The Morgan fingerprint density at radius 1 is 1.26 bits per heavy atom. The van der Waals surface area contributed by atoms with Crippen molar-refractivity contribution in [2.45, 2.75) is 0 Å². The molecule has 2 aromatic rings. The van der Waals surface area contributed by atoms with Crippen molar-refractivity contribution in [3.63, 3.8) is 0 Å². The zero-order valence-electron chi connectivity index (χ0n) is 14.1. The molecule has 8 heteroatoms. The Balaban J connectivity index is 1.61. The van der Waals surface area contributed by atoms with Crippen molar-refractivity contribution in [1.82, 2.24) is 5.32 Å². The Hall–Kier alpha value is -2.84. The highest BCUT2D eigenvalue weighted by Gasteiger charge is 2.25. The summed E-state index contributed by atoms with van der Waals surface area (Å²) in [6.07, 6.45) is 1.75. The standard InChI is InChI=1S/C19H15N3O3S2/c23-17-16(27-19(26)21-17)11-12-6-7-15-14(10-12)22(8-9-25-15)18(24)20-13-4-2-1-3-5-13/h1-7,10-11H,8-9H2,(H,20,24)(H,21,23,26)/b16-11+. The van der Waals surface area contributed by atoms with Crippen molar-refractivity contribution >= 4 is 57.7 Å². The molecule has 0 aliphatic carbocycles. The van der Waals surface area contributed by atoms with Crippen LogP contribution in [0.4, 0.5) is 16.2 Å². The van der Waals surface area contributed by atoms with Crippen molar-refractivity contribution in [1.29, 1.82) is 0 Å². The van der Waals surface area contributed by atoms with Crippen LogP contribution < -0.4 is 20.3 Å². The number of benzene rings is 2. The van der Waals surface area contributed by atoms with Crippen LogP contribution in [-0.4, -0.2) is 29.4 Å². The molecule has 1 saturated heterocycles. The minimum absolute atomic E-state index is 0.211. The van der Waals surface area contributed by atoms with Crippen LogP contribution in [0.25, 0.3) is 6.08 Å². The molecule has 2 aliphatic heterocycles. The molecule has 6 nitrogen and oxygen atoms in total. The molecule has 0 unspecified atom stereocenters. The van der Waals surface area contributed by atoms with Crippen LogP contribution in [0, 0.1) is 0 Å². The van der Waals surface area contributed by atoms with Gasteiger partial charge in [-0.1, -0.05) is 48.2 Å². The highest BCUT2D eigenvalue weighted by atomic mass is 32.2. The van der Waals surface area contributed by atoms with Crippen LogP contribution in [0.2, 0.25) is 0 Å². The summed E-state index contributed by atoms with van der Waals surface area (Å²) < 4.78 is 6.11. The molecule has 4 rings (SSSR count). The lowest BCUT2D eigenvalue weighted by molar-refractivity contribution is -0.115. The normalized spacial score (nSPS) is 17.3. The summed E-state index contributed by atoms with van der Waals surface area (Å²) in [6, 6.07) is 14.5. The molecule has 27 heavy (non-hydrogen) atoms. The lowest BCUT2D eigenvalue weighted by atomic mass is 10.1. The summed E-state index contributed by atoms with van der Waals surface area (Å²) in [5.41, 5.74) is 2.18. The fraction of sp³-hybridized carbons (Fsp3) is 0.105. The van der Waals surface area contributed by atoms with Crippen LogP contribution in [0.15, 0.2) is 53.4 Å². The zero-order chi connectivity index (χ0) is 18.8. The second-order valence-electron chi connectivity index (χ2n) is 5.88. The molecule has 0 atom stereocenters. The van der Waals surface area contributed by atoms with Crippen molar-refractivity contribution in [3.05, 3.63) is 59.0 Å². The number of nitrogens with zero attached hydrogens (tertiary/aromatic N) is 1. The first kappa shape index (κ1) is 17.6. The van der Waals surface area contributed by atoms with Crippen molar-refractivity contribution in [2.75, 3.05) is 23.4 Å². The highest BCUT2D eigenvalue weighted by molar-refractivity contribution is 8.26. The second kappa shape index (κ2) is 7.42.